The number of hydrogen-bond acceptors (Lipinski definition) is 2. The molecule has 0 radical (unpaired) electrons. The summed E-state index contributed by atoms with van der Waals surface area (Å²) in [5.74, 6) is 4.03. The Labute approximate surface area is 124 Å². The number of amidine groups is 1. The topological polar surface area (TPSA) is 15.6 Å². The second-order valence-electron chi connectivity index (χ2n) is 7.13. The summed E-state index contributed by atoms with van der Waals surface area (Å²) in [6, 6.07) is 6.90. The molecule has 4 fully saturated rings. The zero-order valence-electron chi connectivity index (χ0n) is 11.6. The van der Waals surface area contributed by atoms with Gasteiger partial charge in [-0.2, -0.15) is 0 Å². The molecule has 0 aromatic heterocycles. The molecule has 0 spiro atoms. The first-order chi connectivity index (χ1) is 9.76. The molecule has 4 bridgehead atoms. The number of hydrogen-bond donors (Lipinski definition) is 0. The molecule has 3 heterocycles. The van der Waals surface area contributed by atoms with Crippen LogP contribution in [0.3, 0.4) is 0 Å². The van der Waals surface area contributed by atoms with Crippen LogP contribution in [0.1, 0.15) is 37.7 Å². The van der Waals surface area contributed by atoms with Crippen molar-refractivity contribution in [3.63, 3.8) is 0 Å². The van der Waals surface area contributed by atoms with E-state index >= 15 is 0 Å². The lowest BCUT2D eigenvalue weighted by Crippen LogP contribution is -2.41. The lowest BCUT2D eigenvalue weighted by molar-refractivity contribution is 0.128. The van der Waals surface area contributed by atoms with Crippen molar-refractivity contribution >= 4 is 23.1 Å². The summed E-state index contributed by atoms with van der Waals surface area (Å²) < 4.78 is 0. The van der Waals surface area contributed by atoms with Crippen LogP contribution in [0.15, 0.2) is 23.2 Å². The quantitative estimate of drug-likeness (QED) is 0.690. The van der Waals surface area contributed by atoms with E-state index in [4.69, 9.17) is 16.6 Å². The minimum atomic E-state index is 0.718. The van der Waals surface area contributed by atoms with Crippen LogP contribution in [-0.4, -0.2) is 16.8 Å². The van der Waals surface area contributed by atoms with Gasteiger partial charge in [-0.3, -0.25) is 0 Å². The molecule has 6 rings (SSSR count). The van der Waals surface area contributed by atoms with E-state index in [-0.39, 0.29) is 0 Å². The van der Waals surface area contributed by atoms with E-state index in [0.29, 0.717) is 0 Å². The number of fused-ring (bicyclic) bond motifs is 1. The van der Waals surface area contributed by atoms with E-state index in [1.165, 1.54) is 43.5 Å². The molecule has 3 aliphatic heterocycles. The third kappa shape index (κ3) is 1.60. The Balaban J connectivity index is 1.64. The zero-order valence-corrected chi connectivity index (χ0v) is 12.3. The van der Waals surface area contributed by atoms with Crippen LogP contribution in [0.4, 0.5) is 5.69 Å². The van der Waals surface area contributed by atoms with E-state index in [0.717, 1.165) is 41.1 Å². The first-order valence-electron chi connectivity index (χ1n) is 7.90. The first-order valence-corrected chi connectivity index (χ1v) is 8.27. The molecule has 2 nitrogen and oxygen atoms in total. The maximum atomic E-state index is 6.16. The average molecular weight is 287 g/mol. The van der Waals surface area contributed by atoms with Crippen molar-refractivity contribution in [2.24, 2.45) is 22.7 Å². The van der Waals surface area contributed by atoms with Crippen molar-refractivity contribution in [1.82, 2.24) is 4.90 Å². The minimum absolute atomic E-state index is 0.718. The molecule has 0 amide bonds. The minimum Gasteiger partial charge on any atom is -0.352 e. The molecule has 2 atom stereocenters. The van der Waals surface area contributed by atoms with Gasteiger partial charge < -0.3 is 4.90 Å². The highest BCUT2D eigenvalue weighted by molar-refractivity contribution is 6.30. The molecule has 104 valence electrons. The molecule has 2 saturated heterocycles. The van der Waals surface area contributed by atoms with Gasteiger partial charge in [-0.1, -0.05) is 11.6 Å². The molecule has 2 aliphatic carbocycles. The fourth-order valence-corrected chi connectivity index (χ4v) is 5.36. The Morgan fingerprint density at radius 2 is 1.85 bits per heavy atom. The van der Waals surface area contributed by atoms with Gasteiger partial charge in [0.15, 0.2) is 0 Å². The lowest BCUT2D eigenvalue weighted by atomic mass is 9.68. The van der Waals surface area contributed by atoms with Crippen LogP contribution in [0, 0.1) is 17.8 Å². The highest BCUT2D eigenvalue weighted by atomic mass is 35.5. The van der Waals surface area contributed by atoms with Gasteiger partial charge in [0, 0.05) is 23.5 Å². The molecular formula is C17H19ClN2. The smallest absolute Gasteiger partial charge is 0.108 e. The van der Waals surface area contributed by atoms with Crippen molar-refractivity contribution < 1.29 is 0 Å². The third-order valence-electron chi connectivity index (χ3n) is 5.83. The first kappa shape index (κ1) is 11.6. The SMILES string of the molecule is Clc1ccc2c(c1)CN1C(=N2)C2C[C@H]3CC1C[C@H](C2)C3. The standard InChI is InChI=1S/C17H19ClN2/c18-14-1-2-16-13(8-14)9-20-15-6-10-3-11(7-15)5-12(4-10)17(20)19-16/h1-2,8,10-12,15H,3-7,9H2/t10-,11-,12?,15?/m0/s1. The third-order valence-corrected chi connectivity index (χ3v) is 6.07. The Bertz CT molecular complexity index is 595. The summed E-state index contributed by atoms with van der Waals surface area (Å²) in [6.45, 7) is 1.02. The fourth-order valence-electron chi connectivity index (χ4n) is 5.16. The van der Waals surface area contributed by atoms with Crippen molar-refractivity contribution in [1.29, 1.82) is 0 Å². The molecule has 20 heavy (non-hydrogen) atoms. The highest BCUT2D eigenvalue weighted by Gasteiger charge is 2.46. The van der Waals surface area contributed by atoms with Crippen LogP contribution < -0.4 is 0 Å². The molecule has 0 unspecified atom stereocenters. The van der Waals surface area contributed by atoms with Crippen LogP contribution in [0.5, 0.6) is 0 Å². The Kier molecular flexibility index (Phi) is 2.33. The maximum absolute atomic E-state index is 6.16. The zero-order chi connectivity index (χ0) is 13.3. The lowest BCUT2D eigenvalue weighted by Gasteiger charge is -2.39. The number of benzene rings is 1. The normalized spacial score (nSPS) is 37.2. The van der Waals surface area contributed by atoms with Gasteiger partial charge in [0.25, 0.3) is 0 Å². The summed E-state index contributed by atoms with van der Waals surface area (Å²) in [4.78, 5) is 7.68. The van der Waals surface area contributed by atoms with E-state index in [2.05, 4.69) is 17.0 Å². The molecule has 0 N–H and O–H groups in total. The van der Waals surface area contributed by atoms with Gasteiger partial charge in [0.05, 0.1) is 5.69 Å². The van der Waals surface area contributed by atoms with Crippen molar-refractivity contribution in [2.45, 2.75) is 44.7 Å². The number of rotatable bonds is 0. The summed E-state index contributed by atoms with van der Waals surface area (Å²) >= 11 is 6.16. The predicted octanol–water partition coefficient (Wildman–Crippen LogP) is 4.39. The van der Waals surface area contributed by atoms with Crippen LogP contribution in [0.2, 0.25) is 5.02 Å². The van der Waals surface area contributed by atoms with Gasteiger partial charge in [0.2, 0.25) is 0 Å². The van der Waals surface area contributed by atoms with Gasteiger partial charge in [-0.15, -0.1) is 0 Å². The average Bonchev–Trinajstić information content (AvgIpc) is 2.59. The molecule has 1 aromatic carbocycles. The maximum Gasteiger partial charge on any atom is 0.108 e. The summed E-state index contributed by atoms with van der Waals surface area (Å²) in [7, 11) is 0. The molecule has 5 aliphatic rings. The van der Waals surface area contributed by atoms with Gasteiger partial charge in [-0.05, 0) is 67.7 Å². The molecule has 2 saturated carbocycles. The fraction of sp³-hybridized carbons (Fsp3) is 0.588. The van der Waals surface area contributed by atoms with Crippen LogP contribution >= 0.6 is 11.6 Å². The van der Waals surface area contributed by atoms with Gasteiger partial charge in [0.1, 0.15) is 5.84 Å². The summed E-state index contributed by atoms with van der Waals surface area (Å²) in [6.07, 6.45) is 7.02. The highest BCUT2D eigenvalue weighted by Crippen LogP contribution is 2.50. The number of halogens is 1. The van der Waals surface area contributed by atoms with E-state index in [9.17, 15) is 0 Å². The largest absolute Gasteiger partial charge is 0.352 e. The van der Waals surface area contributed by atoms with Crippen LogP contribution in [-0.2, 0) is 6.54 Å². The van der Waals surface area contributed by atoms with E-state index < -0.39 is 0 Å². The number of aliphatic imine (C=N–C) groups is 1. The monoisotopic (exact) mass is 286 g/mol. The molecule has 1 aromatic rings. The van der Waals surface area contributed by atoms with E-state index in [1.807, 2.05) is 6.07 Å². The number of nitrogens with zero attached hydrogens (tertiary/aromatic N) is 2. The Hall–Kier alpha value is -1.02. The second kappa shape index (κ2) is 4.00. The van der Waals surface area contributed by atoms with Gasteiger partial charge in [-0.25, -0.2) is 4.99 Å². The molecule has 3 heteroatoms. The Morgan fingerprint density at radius 1 is 1.05 bits per heavy atom. The van der Waals surface area contributed by atoms with Crippen molar-refractivity contribution in [3.8, 4) is 0 Å². The van der Waals surface area contributed by atoms with Crippen molar-refractivity contribution in [2.75, 3.05) is 0 Å². The summed E-state index contributed by atoms with van der Waals surface area (Å²) in [5.41, 5.74) is 2.46. The Morgan fingerprint density at radius 3 is 2.65 bits per heavy atom. The molecular weight excluding hydrogens is 268 g/mol. The summed E-state index contributed by atoms with van der Waals surface area (Å²) in [5, 5.41) is 0.836. The van der Waals surface area contributed by atoms with Gasteiger partial charge >= 0.3 is 0 Å². The predicted molar refractivity (Wildman–Crippen MR) is 81.4 cm³/mol. The second-order valence-corrected chi connectivity index (χ2v) is 7.57. The van der Waals surface area contributed by atoms with E-state index in [1.54, 1.807) is 0 Å². The van der Waals surface area contributed by atoms with Crippen molar-refractivity contribution in [3.05, 3.63) is 28.8 Å². The van der Waals surface area contributed by atoms with Crippen LogP contribution in [0.25, 0.3) is 0 Å².